The van der Waals surface area contributed by atoms with Gasteiger partial charge in [-0.25, -0.2) is 4.98 Å². The Labute approximate surface area is 88.0 Å². The van der Waals surface area contributed by atoms with E-state index >= 15 is 0 Å². The number of hydrogen-bond donors (Lipinski definition) is 2. The molecule has 0 atom stereocenters. The highest BCUT2D eigenvalue weighted by Crippen LogP contribution is 2.28. The van der Waals surface area contributed by atoms with Crippen molar-refractivity contribution in [2.45, 2.75) is 26.2 Å². The Morgan fingerprint density at radius 2 is 2.43 bits per heavy atom. The van der Waals surface area contributed by atoms with Crippen LogP contribution >= 0.6 is 11.3 Å². The summed E-state index contributed by atoms with van der Waals surface area (Å²) in [5.41, 5.74) is 8.15. The van der Waals surface area contributed by atoms with Gasteiger partial charge in [-0.3, -0.25) is 0 Å². The minimum absolute atomic E-state index is 0.683. The normalized spacial score (nSPS) is 14.8. The standard InChI is InChI=1S/C10H15N3S/c1-2-5-12-7-3-4-8-9(6-7)14-10(11)13-8/h6,12H,2-5H2,1H3,(H2,11,13). The van der Waals surface area contributed by atoms with Crippen LogP contribution in [0.4, 0.5) is 5.13 Å². The van der Waals surface area contributed by atoms with E-state index in [1.807, 2.05) is 0 Å². The van der Waals surface area contributed by atoms with Crippen molar-refractivity contribution < 1.29 is 0 Å². The van der Waals surface area contributed by atoms with E-state index < -0.39 is 0 Å². The second kappa shape index (κ2) is 4.00. The van der Waals surface area contributed by atoms with E-state index in [9.17, 15) is 0 Å². The van der Waals surface area contributed by atoms with Crippen molar-refractivity contribution >= 4 is 22.5 Å². The van der Waals surface area contributed by atoms with Crippen molar-refractivity contribution in [3.63, 3.8) is 0 Å². The van der Waals surface area contributed by atoms with E-state index in [1.54, 1.807) is 11.3 Å². The molecule has 1 aliphatic rings. The lowest BCUT2D eigenvalue weighted by atomic mass is 10.1. The van der Waals surface area contributed by atoms with Crippen molar-refractivity contribution in [3.8, 4) is 0 Å². The molecule has 1 aromatic rings. The van der Waals surface area contributed by atoms with Gasteiger partial charge < -0.3 is 11.1 Å². The first-order chi connectivity index (χ1) is 6.79. The number of nitrogens with two attached hydrogens (primary N) is 1. The molecule has 0 amide bonds. The van der Waals surface area contributed by atoms with Crippen molar-refractivity contribution in [3.05, 3.63) is 16.3 Å². The third kappa shape index (κ3) is 1.90. The predicted molar refractivity (Wildman–Crippen MR) is 61.1 cm³/mol. The van der Waals surface area contributed by atoms with E-state index in [2.05, 4.69) is 23.3 Å². The summed E-state index contributed by atoms with van der Waals surface area (Å²) in [6.07, 6.45) is 5.43. The van der Waals surface area contributed by atoms with Crippen LogP contribution in [0.15, 0.2) is 5.70 Å². The second-order valence-electron chi connectivity index (χ2n) is 3.46. The molecule has 14 heavy (non-hydrogen) atoms. The molecule has 0 unspecified atom stereocenters. The molecule has 2 rings (SSSR count). The molecule has 0 aliphatic heterocycles. The number of nitrogens with zero attached hydrogens (tertiary/aromatic N) is 1. The molecule has 76 valence electrons. The van der Waals surface area contributed by atoms with E-state index in [1.165, 1.54) is 10.6 Å². The SMILES string of the molecule is CCCNC1=Cc2sc(N)nc2CC1. The van der Waals surface area contributed by atoms with Crippen LogP contribution in [0.5, 0.6) is 0 Å². The molecule has 3 N–H and O–H groups in total. The van der Waals surface area contributed by atoms with Gasteiger partial charge in [-0.2, -0.15) is 0 Å². The molecule has 4 heteroatoms. The van der Waals surface area contributed by atoms with Gasteiger partial charge in [-0.05, 0) is 25.3 Å². The zero-order chi connectivity index (χ0) is 9.97. The second-order valence-corrected chi connectivity index (χ2v) is 4.52. The number of nitrogens with one attached hydrogen (secondary N) is 1. The summed E-state index contributed by atoms with van der Waals surface area (Å²) in [6.45, 7) is 3.22. The Balaban J connectivity index is 2.13. The third-order valence-corrected chi connectivity index (χ3v) is 3.16. The van der Waals surface area contributed by atoms with Crippen LogP contribution < -0.4 is 11.1 Å². The summed E-state index contributed by atoms with van der Waals surface area (Å²) in [4.78, 5) is 5.52. The largest absolute Gasteiger partial charge is 0.388 e. The first-order valence-electron chi connectivity index (χ1n) is 4.99. The Kier molecular flexibility index (Phi) is 2.72. The number of aromatic nitrogens is 1. The van der Waals surface area contributed by atoms with Gasteiger partial charge in [0.2, 0.25) is 0 Å². The maximum absolute atomic E-state index is 5.66. The molecule has 1 heterocycles. The van der Waals surface area contributed by atoms with Crippen molar-refractivity contribution in [2.75, 3.05) is 12.3 Å². The number of allylic oxidation sites excluding steroid dienone is 1. The Morgan fingerprint density at radius 1 is 1.57 bits per heavy atom. The summed E-state index contributed by atoms with van der Waals surface area (Å²) in [5.74, 6) is 0. The molecule has 0 saturated carbocycles. The number of thiazole rings is 1. The smallest absolute Gasteiger partial charge is 0.180 e. The Bertz CT molecular complexity index is 354. The predicted octanol–water partition coefficient (Wildman–Crippen LogP) is 2.01. The molecular weight excluding hydrogens is 194 g/mol. The first kappa shape index (κ1) is 9.52. The molecule has 3 nitrogen and oxygen atoms in total. The lowest BCUT2D eigenvalue weighted by Crippen LogP contribution is -2.16. The number of aryl methyl sites for hydroxylation is 1. The number of hydrogen-bond acceptors (Lipinski definition) is 4. The van der Waals surface area contributed by atoms with E-state index in [4.69, 9.17) is 5.73 Å². The van der Waals surface area contributed by atoms with E-state index in [-0.39, 0.29) is 0 Å². The minimum atomic E-state index is 0.683. The van der Waals surface area contributed by atoms with Crippen LogP contribution in [0, 0.1) is 0 Å². The minimum Gasteiger partial charge on any atom is -0.388 e. The fraction of sp³-hybridized carbons (Fsp3) is 0.500. The van der Waals surface area contributed by atoms with Crippen LogP contribution in [0.1, 0.15) is 30.3 Å². The molecule has 0 bridgehead atoms. The lowest BCUT2D eigenvalue weighted by Gasteiger charge is -2.13. The summed E-state index contributed by atoms with van der Waals surface area (Å²) in [6, 6.07) is 0. The lowest BCUT2D eigenvalue weighted by molar-refractivity contribution is 0.719. The number of rotatable bonds is 3. The van der Waals surface area contributed by atoms with Gasteiger partial charge in [-0.15, -0.1) is 0 Å². The average molecular weight is 209 g/mol. The number of anilines is 1. The maximum Gasteiger partial charge on any atom is 0.180 e. The van der Waals surface area contributed by atoms with Crippen molar-refractivity contribution in [1.82, 2.24) is 10.3 Å². The molecule has 0 fully saturated rings. The van der Waals surface area contributed by atoms with Gasteiger partial charge in [0.25, 0.3) is 0 Å². The van der Waals surface area contributed by atoms with Crippen LogP contribution in [-0.4, -0.2) is 11.5 Å². The summed E-state index contributed by atoms with van der Waals surface area (Å²) in [5, 5.41) is 4.10. The third-order valence-electron chi connectivity index (χ3n) is 2.28. The number of nitrogen functional groups attached to an aromatic ring is 1. The van der Waals surface area contributed by atoms with Crippen molar-refractivity contribution in [1.29, 1.82) is 0 Å². The summed E-state index contributed by atoms with van der Waals surface area (Å²) in [7, 11) is 0. The van der Waals surface area contributed by atoms with Crippen LogP contribution in [0.3, 0.4) is 0 Å². The fourth-order valence-electron chi connectivity index (χ4n) is 1.58. The van der Waals surface area contributed by atoms with Gasteiger partial charge in [0.05, 0.1) is 10.6 Å². The van der Waals surface area contributed by atoms with E-state index in [0.717, 1.165) is 31.5 Å². The van der Waals surface area contributed by atoms with Crippen LogP contribution in [-0.2, 0) is 6.42 Å². The molecular formula is C10H15N3S. The zero-order valence-electron chi connectivity index (χ0n) is 8.34. The highest BCUT2D eigenvalue weighted by atomic mass is 32.1. The zero-order valence-corrected chi connectivity index (χ0v) is 9.16. The average Bonchev–Trinajstić information content (AvgIpc) is 2.54. The topological polar surface area (TPSA) is 50.9 Å². The van der Waals surface area contributed by atoms with Crippen LogP contribution in [0.25, 0.3) is 6.08 Å². The number of fused-ring (bicyclic) bond motifs is 1. The monoisotopic (exact) mass is 209 g/mol. The molecule has 0 spiro atoms. The first-order valence-corrected chi connectivity index (χ1v) is 5.81. The highest BCUT2D eigenvalue weighted by molar-refractivity contribution is 7.16. The fourth-order valence-corrected chi connectivity index (χ4v) is 2.43. The van der Waals surface area contributed by atoms with Crippen molar-refractivity contribution in [2.24, 2.45) is 0 Å². The molecule has 0 saturated heterocycles. The van der Waals surface area contributed by atoms with Crippen LogP contribution in [0.2, 0.25) is 0 Å². The maximum atomic E-state index is 5.66. The highest BCUT2D eigenvalue weighted by Gasteiger charge is 2.13. The molecule has 0 radical (unpaired) electrons. The quantitative estimate of drug-likeness (QED) is 0.800. The van der Waals surface area contributed by atoms with Gasteiger partial charge in [0.15, 0.2) is 5.13 Å². The Morgan fingerprint density at radius 3 is 3.21 bits per heavy atom. The van der Waals surface area contributed by atoms with E-state index in [0.29, 0.717) is 5.13 Å². The molecule has 0 aromatic carbocycles. The van der Waals surface area contributed by atoms with Gasteiger partial charge in [0.1, 0.15) is 0 Å². The Hall–Kier alpha value is -1.03. The summed E-state index contributed by atoms with van der Waals surface area (Å²) >= 11 is 1.58. The van der Waals surface area contributed by atoms with Gasteiger partial charge in [-0.1, -0.05) is 18.3 Å². The molecule has 1 aliphatic carbocycles. The van der Waals surface area contributed by atoms with Gasteiger partial charge >= 0.3 is 0 Å². The van der Waals surface area contributed by atoms with Gasteiger partial charge in [0, 0.05) is 12.2 Å². The molecule has 1 aromatic heterocycles. The summed E-state index contributed by atoms with van der Waals surface area (Å²) < 4.78 is 0.